The minimum absolute atomic E-state index is 0.345. The second kappa shape index (κ2) is 5.01. The van der Waals surface area contributed by atoms with Gasteiger partial charge in [-0.3, -0.25) is 9.59 Å². The molecule has 0 aromatic heterocycles. The standard InChI is InChI=1S/C12H14O4/c1-7(13)11(15)9-3-5-10(6-4-9)12(16)8(2)14/h3-8,13-14H,1-2H3. The third-order valence-corrected chi connectivity index (χ3v) is 2.21. The summed E-state index contributed by atoms with van der Waals surface area (Å²) in [5.74, 6) is -0.785. The molecule has 0 saturated heterocycles. The fraction of sp³-hybridized carbons (Fsp3) is 0.333. The fourth-order valence-electron chi connectivity index (χ4n) is 1.28. The van der Waals surface area contributed by atoms with Crippen LogP contribution in [0.2, 0.25) is 0 Å². The minimum atomic E-state index is -1.06. The van der Waals surface area contributed by atoms with Gasteiger partial charge in [0.05, 0.1) is 0 Å². The van der Waals surface area contributed by atoms with Gasteiger partial charge in [-0.05, 0) is 13.8 Å². The lowest BCUT2D eigenvalue weighted by atomic mass is 10.0. The van der Waals surface area contributed by atoms with Gasteiger partial charge in [0.25, 0.3) is 0 Å². The largest absolute Gasteiger partial charge is 0.385 e. The monoisotopic (exact) mass is 222 g/mol. The molecule has 4 heteroatoms. The molecule has 1 aromatic rings. The number of hydrogen-bond donors (Lipinski definition) is 2. The van der Waals surface area contributed by atoms with E-state index in [1.165, 1.54) is 38.1 Å². The van der Waals surface area contributed by atoms with Gasteiger partial charge in [0.2, 0.25) is 0 Å². The van der Waals surface area contributed by atoms with Gasteiger partial charge >= 0.3 is 0 Å². The van der Waals surface area contributed by atoms with E-state index in [2.05, 4.69) is 0 Å². The van der Waals surface area contributed by atoms with Crippen LogP contribution < -0.4 is 0 Å². The van der Waals surface area contributed by atoms with E-state index in [0.717, 1.165) is 0 Å². The van der Waals surface area contributed by atoms with E-state index in [0.29, 0.717) is 11.1 Å². The van der Waals surface area contributed by atoms with Crippen molar-refractivity contribution in [2.75, 3.05) is 0 Å². The Bertz CT molecular complexity index is 351. The molecular formula is C12H14O4. The molecule has 0 aliphatic carbocycles. The summed E-state index contributed by atoms with van der Waals surface area (Å²) in [7, 11) is 0. The minimum Gasteiger partial charge on any atom is -0.385 e. The summed E-state index contributed by atoms with van der Waals surface area (Å²) in [6.07, 6.45) is -2.11. The number of aliphatic hydroxyl groups excluding tert-OH is 2. The van der Waals surface area contributed by atoms with Crippen LogP contribution in [0.15, 0.2) is 24.3 Å². The Hall–Kier alpha value is -1.52. The summed E-state index contributed by atoms with van der Waals surface area (Å²) in [4.78, 5) is 22.8. The maximum Gasteiger partial charge on any atom is 0.190 e. The van der Waals surface area contributed by atoms with Gasteiger partial charge in [-0.2, -0.15) is 0 Å². The van der Waals surface area contributed by atoms with E-state index in [1.54, 1.807) is 0 Å². The third kappa shape index (κ3) is 2.74. The van der Waals surface area contributed by atoms with Gasteiger partial charge < -0.3 is 10.2 Å². The lowest BCUT2D eigenvalue weighted by molar-refractivity contribution is 0.0771. The van der Waals surface area contributed by atoms with Crippen molar-refractivity contribution in [1.29, 1.82) is 0 Å². The Morgan fingerprint density at radius 2 is 1.12 bits per heavy atom. The zero-order valence-corrected chi connectivity index (χ0v) is 9.18. The molecule has 0 bridgehead atoms. The Kier molecular flexibility index (Phi) is 3.93. The first-order valence-electron chi connectivity index (χ1n) is 4.98. The summed E-state index contributed by atoms with van der Waals surface area (Å²) in [5.41, 5.74) is 0.689. The van der Waals surface area contributed by atoms with Crippen LogP contribution in [0.3, 0.4) is 0 Å². The van der Waals surface area contributed by atoms with Crippen molar-refractivity contribution in [3.05, 3.63) is 35.4 Å². The van der Waals surface area contributed by atoms with Crippen LogP contribution in [0.25, 0.3) is 0 Å². The van der Waals surface area contributed by atoms with Crippen LogP contribution in [0.4, 0.5) is 0 Å². The highest BCUT2D eigenvalue weighted by Gasteiger charge is 2.14. The van der Waals surface area contributed by atoms with Crippen LogP contribution in [0.1, 0.15) is 34.6 Å². The average Bonchev–Trinajstić information content (AvgIpc) is 2.27. The van der Waals surface area contributed by atoms with Crippen LogP contribution in [0.5, 0.6) is 0 Å². The molecule has 0 aliphatic heterocycles. The van der Waals surface area contributed by atoms with Crippen molar-refractivity contribution in [3.63, 3.8) is 0 Å². The quantitative estimate of drug-likeness (QED) is 0.739. The van der Waals surface area contributed by atoms with Crippen molar-refractivity contribution in [2.24, 2.45) is 0 Å². The molecule has 2 atom stereocenters. The smallest absolute Gasteiger partial charge is 0.190 e. The molecule has 0 saturated carbocycles. The number of hydrogen-bond acceptors (Lipinski definition) is 4. The van der Waals surface area contributed by atoms with Crippen LogP contribution in [-0.4, -0.2) is 34.0 Å². The summed E-state index contributed by atoms with van der Waals surface area (Å²) in [6, 6.07) is 5.85. The van der Waals surface area contributed by atoms with Crippen molar-refractivity contribution in [2.45, 2.75) is 26.1 Å². The Morgan fingerprint density at radius 1 is 0.875 bits per heavy atom. The molecule has 1 rings (SSSR count). The molecule has 0 fully saturated rings. The number of aliphatic hydroxyl groups is 2. The molecule has 0 heterocycles. The van der Waals surface area contributed by atoms with E-state index in [1.807, 2.05) is 0 Å². The molecule has 0 spiro atoms. The van der Waals surface area contributed by atoms with Crippen molar-refractivity contribution in [3.8, 4) is 0 Å². The average molecular weight is 222 g/mol. The van der Waals surface area contributed by atoms with Crippen molar-refractivity contribution >= 4 is 11.6 Å². The molecule has 86 valence electrons. The Morgan fingerprint density at radius 3 is 1.31 bits per heavy atom. The Labute approximate surface area is 93.5 Å². The second-order valence-electron chi connectivity index (χ2n) is 3.66. The zero-order valence-electron chi connectivity index (χ0n) is 9.18. The summed E-state index contributed by atoms with van der Waals surface area (Å²) >= 11 is 0. The number of carbonyl (C=O) groups is 2. The maximum absolute atomic E-state index is 11.4. The van der Waals surface area contributed by atoms with Gasteiger partial charge in [-0.15, -0.1) is 0 Å². The summed E-state index contributed by atoms with van der Waals surface area (Å²) in [6.45, 7) is 2.77. The van der Waals surface area contributed by atoms with Crippen molar-refractivity contribution < 1.29 is 19.8 Å². The molecule has 0 radical (unpaired) electrons. The van der Waals surface area contributed by atoms with E-state index in [9.17, 15) is 9.59 Å². The summed E-state index contributed by atoms with van der Waals surface area (Å²) in [5, 5.41) is 18.2. The van der Waals surface area contributed by atoms with Gasteiger partial charge in [-0.1, -0.05) is 24.3 Å². The first-order chi connectivity index (χ1) is 7.43. The van der Waals surface area contributed by atoms with Crippen LogP contribution >= 0.6 is 0 Å². The van der Waals surface area contributed by atoms with E-state index in [-0.39, 0.29) is 0 Å². The molecule has 2 N–H and O–H groups in total. The topological polar surface area (TPSA) is 74.6 Å². The van der Waals surface area contributed by atoms with Crippen molar-refractivity contribution in [1.82, 2.24) is 0 Å². The fourth-order valence-corrected chi connectivity index (χ4v) is 1.28. The molecule has 16 heavy (non-hydrogen) atoms. The third-order valence-electron chi connectivity index (χ3n) is 2.21. The van der Waals surface area contributed by atoms with Crippen LogP contribution in [0, 0.1) is 0 Å². The molecule has 0 aliphatic rings. The predicted molar refractivity (Wildman–Crippen MR) is 58.5 cm³/mol. The number of rotatable bonds is 4. The second-order valence-corrected chi connectivity index (χ2v) is 3.66. The predicted octanol–water partition coefficient (Wildman–Crippen LogP) is 0.814. The lowest BCUT2D eigenvalue weighted by Gasteiger charge is -2.06. The number of Topliss-reactive ketones (excluding diaryl/α,β-unsaturated/α-hetero) is 2. The van der Waals surface area contributed by atoms with E-state index < -0.39 is 23.8 Å². The Balaban J connectivity index is 2.92. The van der Waals surface area contributed by atoms with Gasteiger partial charge in [0, 0.05) is 11.1 Å². The summed E-state index contributed by atoms with van der Waals surface area (Å²) < 4.78 is 0. The highest BCUT2D eigenvalue weighted by molar-refractivity contribution is 6.02. The van der Waals surface area contributed by atoms with Crippen LogP contribution in [-0.2, 0) is 0 Å². The molecular weight excluding hydrogens is 208 g/mol. The molecule has 4 nitrogen and oxygen atoms in total. The first kappa shape index (κ1) is 12.5. The SMILES string of the molecule is CC(O)C(=O)c1ccc(C(=O)C(C)O)cc1. The van der Waals surface area contributed by atoms with Gasteiger partial charge in [0.1, 0.15) is 12.2 Å². The number of carbonyl (C=O) groups excluding carboxylic acids is 2. The highest BCUT2D eigenvalue weighted by atomic mass is 16.3. The van der Waals surface area contributed by atoms with Gasteiger partial charge in [-0.25, -0.2) is 0 Å². The highest BCUT2D eigenvalue weighted by Crippen LogP contribution is 2.09. The first-order valence-corrected chi connectivity index (χ1v) is 4.98. The molecule has 1 aromatic carbocycles. The molecule has 0 amide bonds. The van der Waals surface area contributed by atoms with E-state index >= 15 is 0 Å². The molecule has 2 unspecified atom stereocenters. The van der Waals surface area contributed by atoms with E-state index in [4.69, 9.17) is 10.2 Å². The zero-order chi connectivity index (χ0) is 12.3. The number of ketones is 2. The lowest BCUT2D eigenvalue weighted by Crippen LogP contribution is -2.18. The van der Waals surface area contributed by atoms with Gasteiger partial charge in [0.15, 0.2) is 11.6 Å². The number of benzene rings is 1. The normalized spacial score (nSPS) is 14.2. The maximum atomic E-state index is 11.4.